The molecular weight excluding hydrogens is 260 g/mol. The summed E-state index contributed by atoms with van der Waals surface area (Å²) in [6, 6.07) is -0.719. The third-order valence-corrected chi connectivity index (χ3v) is 5.45. The van der Waals surface area contributed by atoms with Crippen molar-refractivity contribution in [3.63, 3.8) is 0 Å². The van der Waals surface area contributed by atoms with E-state index in [4.69, 9.17) is 5.73 Å². The average Bonchev–Trinajstić information content (AvgIpc) is 2.64. The molecule has 0 radical (unpaired) electrons. The Morgan fingerprint density at radius 2 is 2.24 bits per heavy atom. The van der Waals surface area contributed by atoms with Crippen LogP contribution < -0.4 is 5.73 Å². The number of carbonyl (C=O) groups excluding carboxylic acids is 1. The second kappa shape index (κ2) is 6.06. The quantitative estimate of drug-likeness (QED) is 0.748. The van der Waals surface area contributed by atoms with Gasteiger partial charge in [-0.2, -0.15) is 11.8 Å². The Morgan fingerprint density at radius 3 is 2.71 bits per heavy atom. The third-order valence-electron chi connectivity index (χ3n) is 3.05. The van der Waals surface area contributed by atoms with Gasteiger partial charge < -0.3 is 10.6 Å². The van der Waals surface area contributed by atoms with Gasteiger partial charge in [0, 0.05) is 13.1 Å². The molecule has 100 valence electrons. The Balaban J connectivity index is 2.52. The molecule has 2 atom stereocenters. The summed E-state index contributed by atoms with van der Waals surface area (Å²) in [6.07, 6.45) is 3.12. The zero-order valence-corrected chi connectivity index (χ0v) is 11.9. The van der Waals surface area contributed by atoms with Crippen molar-refractivity contribution >= 4 is 27.5 Å². The number of likely N-dealkylation sites (N-methyl/N-ethyl adjacent to an activating group) is 1. The zero-order chi connectivity index (χ0) is 13.1. The number of hydrogen-bond acceptors (Lipinski definition) is 5. The second-order valence-electron chi connectivity index (χ2n) is 4.39. The highest BCUT2D eigenvalue weighted by molar-refractivity contribution is 7.98. The summed E-state index contributed by atoms with van der Waals surface area (Å²) >= 11 is 1.64. The van der Waals surface area contributed by atoms with E-state index in [-0.39, 0.29) is 23.5 Å². The molecule has 17 heavy (non-hydrogen) atoms. The molecule has 1 amide bonds. The van der Waals surface area contributed by atoms with Crippen LogP contribution in [0.1, 0.15) is 12.8 Å². The highest BCUT2D eigenvalue weighted by Crippen LogP contribution is 2.17. The van der Waals surface area contributed by atoms with Crippen molar-refractivity contribution in [1.29, 1.82) is 0 Å². The molecule has 0 bridgehead atoms. The molecule has 1 aliphatic heterocycles. The van der Waals surface area contributed by atoms with Gasteiger partial charge in [0.1, 0.15) is 0 Å². The van der Waals surface area contributed by atoms with Crippen molar-refractivity contribution in [1.82, 2.24) is 4.90 Å². The van der Waals surface area contributed by atoms with Crippen molar-refractivity contribution in [3.8, 4) is 0 Å². The first kappa shape index (κ1) is 14.8. The number of amides is 1. The standard InChI is InChI=1S/C10H20N2O3S2/c1-12(8-4-6-17(14,15)7-8)10(13)9(11)3-5-16-2/h8-9H,3-7,11H2,1-2H3/t8?,9-/m1/s1. The number of rotatable bonds is 5. The molecule has 0 aliphatic carbocycles. The number of thioether (sulfide) groups is 1. The molecule has 1 saturated heterocycles. The summed E-state index contributed by atoms with van der Waals surface area (Å²) in [5, 5.41) is 0. The maximum absolute atomic E-state index is 11.9. The van der Waals surface area contributed by atoms with E-state index in [1.807, 2.05) is 6.26 Å². The van der Waals surface area contributed by atoms with Crippen LogP contribution in [0.3, 0.4) is 0 Å². The van der Waals surface area contributed by atoms with Crippen LogP contribution in [0.5, 0.6) is 0 Å². The molecule has 1 aliphatic rings. The predicted molar refractivity (Wildman–Crippen MR) is 70.8 cm³/mol. The molecule has 2 N–H and O–H groups in total. The largest absolute Gasteiger partial charge is 0.340 e. The van der Waals surface area contributed by atoms with Gasteiger partial charge in [-0.3, -0.25) is 4.79 Å². The summed E-state index contributed by atoms with van der Waals surface area (Å²) in [5.74, 6) is 0.935. The lowest BCUT2D eigenvalue weighted by atomic mass is 10.1. The van der Waals surface area contributed by atoms with Crippen LogP contribution in [0.15, 0.2) is 0 Å². The maximum atomic E-state index is 11.9. The highest BCUT2D eigenvalue weighted by atomic mass is 32.2. The highest BCUT2D eigenvalue weighted by Gasteiger charge is 2.33. The van der Waals surface area contributed by atoms with E-state index in [1.165, 1.54) is 4.90 Å². The van der Waals surface area contributed by atoms with Crippen LogP contribution in [0, 0.1) is 0 Å². The lowest BCUT2D eigenvalue weighted by molar-refractivity contribution is -0.132. The van der Waals surface area contributed by atoms with E-state index in [0.29, 0.717) is 12.8 Å². The normalized spacial score (nSPS) is 24.5. The molecule has 7 heteroatoms. The Hall–Kier alpha value is -0.270. The van der Waals surface area contributed by atoms with Crippen LogP contribution in [0.4, 0.5) is 0 Å². The SMILES string of the molecule is CSCC[C@@H](N)C(=O)N(C)C1CCS(=O)(=O)C1. The van der Waals surface area contributed by atoms with Crippen LogP contribution in [-0.2, 0) is 14.6 Å². The molecule has 0 spiro atoms. The lowest BCUT2D eigenvalue weighted by Crippen LogP contribution is -2.47. The van der Waals surface area contributed by atoms with Crippen LogP contribution >= 0.6 is 11.8 Å². The van der Waals surface area contributed by atoms with E-state index in [1.54, 1.807) is 18.8 Å². The Bertz CT molecular complexity index is 370. The second-order valence-corrected chi connectivity index (χ2v) is 7.61. The minimum absolute atomic E-state index is 0.0739. The van der Waals surface area contributed by atoms with Gasteiger partial charge in [0.2, 0.25) is 5.91 Å². The molecule has 5 nitrogen and oxygen atoms in total. The van der Waals surface area contributed by atoms with Crippen LogP contribution in [0.2, 0.25) is 0 Å². The number of nitrogens with two attached hydrogens (primary N) is 1. The predicted octanol–water partition coefficient (Wildman–Crippen LogP) is -0.288. The van der Waals surface area contributed by atoms with Crippen molar-refractivity contribution < 1.29 is 13.2 Å². The van der Waals surface area contributed by atoms with E-state index in [2.05, 4.69) is 0 Å². The van der Waals surface area contributed by atoms with Gasteiger partial charge in [-0.05, 0) is 24.9 Å². The summed E-state index contributed by atoms with van der Waals surface area (Å²) in [4.78, 5) is 13.5. The fourth-order valence-corrected chi connectivity index (χ4v) is 4.15. The first-order valence-corrected chi connectivity index (χ1v) is 8.80. The lowest BCUT2D eigenvalue weighted by Gasteiger charge is -2.26. The van der Waals surface area contributed by atoms with Gasteiger partial charge in [0.15, 0.2) is 9.84 Å². The van der Waals surface area contributed by atoms with E-state index < -0.39 is 15.9 Å². The Kier molecular flexibility index (Phi) is 5.27. The number of sulfone groups is 1. The molecule has 1 rings (SSSR count). The molecular formula is C10H20N2O3S2. The fourth-order valence-electron chi connectivity index (χ4n) is 1.89. The van der Waals surface area contributed by atoms with Gasteiger partial charge in [-0.15, -0.1) is 0 Å². The number of hydrogen-bond donors (Lipinski definition) is 1. The van der Waals surface area contributed by atoms with Gasteiger partial charge >= 0.3 is 0 Å². The Morgan fingerprint density at radius 1 is 1.59 bits per heavy atom. The molecule has 1 fully saturated rings. The van der Waals surface area contributed by atoms with Gasteiger partial charge in [-0.25, -0.2) is 8.42 Å². The zero-order valence-electron chi connectivity index (χ0n) is 10.3. The maximum Gasteiger partial charge on any atom is 0.239 e. The smallest absolute Gasteiger partial charge is 0.239 e. The summed E-state index contributed by atoms with van der Waals surface area (Å²) < 4.78 is 22.7. The van der Waals surface area contributed by atoms with E-state index >= 15 is 0 Å². The molecule has 0 saturated carbocycles. The Labute approximate surface area is 107 Å². The number of carbonyl (C=O) groups is 1. The molecule has 1 heterocycles. The first-order chi connectivity index (χ1) is 7.87. The number of nitrogens with zero attached hydrogens (tertiary/aromatic N) is 1. The summed E-state index contributed by atoms with van der Waals surface area (Å²) in [7, 11) is -1.31. The van der Waals surface area contributed by atoms with Gasteiger partial charge in [0.05, 0.1) is 17.5 Å². The minimum Gasteiger partial charge on any atom is -0.340 e. The van der Waals surface area contributed by atoms with E-state index in [9.17, 15) is 13.2 Å². The summed E-state index contributed by atoms with van der Waals surface area (Å²) in [6.45, 7) is 0. The van der Waals surface area contributed by atoms with Crippen molar-refractivity contribution in [2.75, 3.05) is 30.6 Å². The average molecular weight is 280 g/mol. The van der Waals surface area contributed by atoms with Crippen molar-refractivity contribution in [3.05, 3.63) is 0 Å². The third kappa shape index (κ3) is 4.15. The molecule has 1 unspecified atom stereocenters. The van der Waals surface area contributed by atoms with Crippen LogP contribution in [-0.4, -0.2) is 61.9 Å². The molecule has 0 aromatic heterocycles. The first-order valence-electron chi connectivity index (χ1n) is 5.59. The minimum atomic E-state index is -2.96. The fraction of sp³-hybridized carbons (Fsp3) is 0.900. The topological polar surface area (TPSA) is 80.5 Å². The van der Waals surface area contributed by atoms with Crippen molar-refractivity contribution in [2.24, 2.45) is 5.73 Å². The van der Waals surface area contributed by atoms with Crippen molar-refractivity contribution in [2.45, 2.75) is 24.9 Å². The molecule has 0 aromatic carbocycles. The van der Waals surface area contributed by atoms with Gasteiger partial charge in [0.25, 0.3) is 0 Å². The van der Waals surface area contributed by atoms with E-state index in [0.717, 1.165) is 5.75 Å². The van der Waals surface area contributed by atoms with Gasteiger partial charge in [-0.1, -0.05) is 0 Å². The molecule has 0 aromatic rings. The monoisotopic (exact) mass is 280 g/mol. The summed E-state index contributed by atoms with van der Waals surface area (Å²) in [5.41, 5.74) is 5.79. The van der Waals surface area contributed by atoms with Crippen LogP contribution in [0.25, 0.3) is 0 Å².